The van der Waals surface area contributed by atoms with Gasteiger partial charge in [0.1, 0.15) is 22.0 Å². The summed E-state index contributed by atoms with van der Waals surface area (Å²) in [7, 11) is -4.66. The number of nitrogens with one attached hydrogen (secondary N) is 3. The van der Waals surface area contributed by atoms with E-state index in [0.717, 1.165) is 88.5 Å². The monoisotopic (exact) mass is 918 g/mol. The molecule has 0 unspecified atom stereocenters. The fourth-order valence-corrected chi connectivity index (χ4v) is 12.1. The smallest absolute Gasteiger partial charge is 0.312 e. The molecule has 5 heterocycles. The van der Waals surface area contributed by atoms with Crippen molar-refractivity contribution in [3.63, 3.8) is 0 Å². The Labute approximate surface area is 384 Å². The molecule has 5 aliphatic rings. The molecule has 16 nitrogen and oxygen atoms in total. The van der Waals surface area contributed by atoms with Crippen LogP contribution in [0.1, 0.15) is 110 Å². The van der Waals surface area contributed by atoms with Gasteiger partial charge in [-0.2, -0.15) is 0 Å². The van der Waals surface area contributed by atoms with Crippen LogP contribution in [-0.4, -0.2) is 95.2 Å². The maximum absolute atomic E-state index is 14.1. The molecule has 2 saturated heterocycles. The minimum atomic E-state index is -4.66. The molecule has 3 aromatic heterocycles. The van der Waals surface area contributed by atoms with Crippen molar-refractivity contribution in [3.8, 4) is 11.5 Å². The number of rotatable bonds is 13. The zero-order valence-corrected chi connectivity index (χ0v) is 38.3. The van der Waals surface area contributed by atoms with E-state index in [0.29, 0.717) is 42.7 Å². The van der Waals surface area contributed by atoms with E-state index in [-0.39, 0.29) is 40.2 Å². The number of hydrogen-bond donors (Lipinski definition) is 4. The lowest BCUT2D eigenvalue weighted by Crippen LogP contribution is -2.58. The Balaban J connectivity index is 0.846. The summed E-state index contributed by atoms with van der Waals surface area (Å²) in [5, 5.41) is 26.4. The first-order valence-electron chi connectivity index (χ1n) is 23.3. The Hall–Kier alpha value is -5.62. The third-order valence-corrected chi connectivity index (χ3v) is 16.4. The molecular weight excluding hydrogens is 861 g/mol. The number of nitro groups is 1. The summed E-state index contributed by atoms with van der Waals surface area (Å²) >= 11 is 0. The summed E-state index contributed by atoms with van der Waals surface area (Å²) < 4.78 is 42.4. The number of nitrogens with zero attached hydrogens (tertiary/aromatic N) is 5. The molecule has 2 aromatic carbocycles. The third-order valence-electron chi connectivity index (χ3n) is 15.0. The van der Waals surface area contributed by atoms with E-state index in [2.05, 4.69) is 59.1 Å². The Morgan fingerprint density at radius 3 is 2.52 bits per heavy atom. The minimum absolute atomic E-state index is 0.0167. The van der Waals surface area contributed by atoms with Crippen molar-refractivity contribution in [2.45, 2.75) is 107 Å². The van der Waals surface area contributed by atoms with Crippen LogP contribution in [0.4, 0.5) is 17.2 Å². The number of anilines is 2. The number of pyridine rings is 2. The van der Waals surface area contributed by atoms with Gasteiger partial charge in [-0.25, -0.2) is 23.1 Å². The van der Waals surface area contributed by atoms with Crippen molar-refractivity contribution in [2.24, 2.45) is 11.3 Å². The number of aromatic amines is 1. The molecule has 66 heavy (non-hydrogen) atoms. The summed E-state index contributed by atoms with van der Waals surface area (Å²) in [5.74, 6) is 0.305. The van der Waals surface area contributed by atoms with Crippen molar-refractivity contribution < 1.29 is 32.7 Å². The molecule has 1 atom stereocenters. The standard InChI is InChI=1S/C49H58N8O8S/c1-31-44(25-41(57(60)61)46(53-31)51-28-32-11-14-48(2,59)15-12-32)66(62,63)54-47(58)40-10-9-35(24-43(40)65-37-23-34-13-18-50-45(34)52-29-37)55-19-16-49(17-20-55)26-36(27-49)56-21-22-64-30-42(56)39-6-4-3-5-38(39)33-7-8-33/h3-6,9-10,13,18,23-25,29,32-33,36,42,59H,7-8,11-12,14-17,19-22,26-28,30H2,1-2H3,(H,50,52)(H,51,53)(H,54,58)/t32?,42-,48?/m0/s1. The van der Waals surface area contributed by atoms with Gasteiger partial charge in [0.2, 0.25) is 5.82 Å². The zero-order valence-electron chi connectivity index (χ0n) is 37.5. The number of aromatic nitrogens is 3. The summed E-state index contributed by atoms with van der Waals surface area (Å²) in [6.45, 7) is 7.69. The maximum atomic E-state index is 14.1. The number of aryl methyl sites for hydroxylation is 1. The molecule has 0 radical (unpaired) electrons. The largest absolute Gasteiger partial charge is 0.455 e. The number of amides is 1. The highest BCUT2D eigenvalue weighted by molar-refractivity contribution is 7.90. The van der Waals surface area contributed by atoms with Gasteiger partial charge in [0.25, 0.3) is 15.9 Å². The highest BCUT2D eigenvalue weighted by atomic mass is 32.2. The SMILES string of the molecule is Cc1nc(NCC2CCC(C)(O)CC2)c([N+](=O)[O-])cc1S(=O)(=O)NC(=O)c1ccc(N2CCC3(CC2)CC(N2CCOC[C@H]2c2ccccc2C2CC2)C3)cc1Oc1cnc2[nH]ccc2c1. The van der Waals surface area contributed by atoms with Crippen LogP contribution in [0, 0.1) is 28.4 Å². The molecule has 5 fully saturated rings. The summed E-state index contributed by atoms with van der Waals surface area (Å²) in [6, 6.07) is 19.5. The normalized spacial score (nSPS) is 23.7. The average molecular weight is 919 g/mol. The van der Waals surface area contributed by atoms with Crippen molar-refractivity contribution in [1.29, 1.82) is 0 Å². The van der Waals surface area contributed by atoms with Crippen LogP contribution in [0.2, 0.25) is 0 Å². The van der Waals surface area contributed by atoms with Crippen LogP contribution in [0.3, 0.4) is 0 Å². The van der Waals surface area contributed by atoms with E-state index in [1.807, 2.05) is 12.1 Å². The van der Waals surface area contributed by atoms with Crippen LogP contribution in [0.25, 0.3) is 11.0 Å². The van der Waals surface area contributed by atoms with Crippen LogP contribution in [0.15, 0.2) is 78.0 Å². The molecule has 5 aromatic rings. The first-order valence-corrected chi connectivity index (χ1v) is 24.8. The summed E-state index contributed by atoms with van der Waals surface area (Å²) in [6.07, 6.45) is 12.9. The van der Waals surface area contributed by atoms with E-state index in [9.17, 15) is 28.4 Å². The van der Waals surface area contributed by atoms with Gasteiger partial charge < -0.3 is 29.8 Å². The van der Waals surface area contributed by atoms with Crippen molar-refractivity contribution in [1.82, 2.24) is 24.6 Å². The van der Waals surface area contributed by atoms with E-state index in [4.69, 9.17) is 9.47 Å². The van der Waals surface area contributed by atoms with Gasteiger partial charge in [0, 0.05) is 61.6 Å². The van der Waals surface area contributed by atoms with Gasteiger partial charge in [-0.1, -0.05) is 24.3 Å². The number of morpholine rings is 1. The van der Waals surface area contributed by atoms with Crippen LogP contribution in [-0.2, 0) is 14.8 Å². The topological polar surface area (TPSA) is 205 Å². The Bertz CT molecular complexity index is 2750. The second-order valence-corrected chi connectivity index (χ2v) is 21.3. The Morgan fingerprint density at radius 2 is 1.77 bits per heavy atom. The average Bonchev–Trinajstić information content (AvgIpc) is 4.04. The van der Waals surface area contributed by atoms with Crippen LogP contribution < -0.4 is 19.7 Å². The van der Waals surface area contributed by atoms with E-state index >= 15 is 0 Å². The van der Waals surface area contributed by atoms with Gasteiger partial charge in [0.15, 0.2) is 0 Å². The van der Waals surface area contributed by atoms with Crippen molar-refractivity contribution in [2.75, 3.05) is 49.6 Å². The molecule has 348 valence electrons. The van der Waals surface area contributed by atoms with Gasteiger partial charge in [0.05, 0.1) is 47.2 Å². The Kier molecular flexibility index (Phi) is 11.8. The quantitative estimate of drug-likeness (QED) is 0.0651. The van der Waals surface area contributed by atoms with Crippen LogP contribution in [0.5, 0.6) is 11.5 Å². The van der Waals surface area contributed by atoms with Crippen LogP contribution >= 0.6 is 0 Å². The number of fused-ring (bicyclic) bond motifs is 1. The predicted molar refractivity (Wildman–Crippen MR) is 250 cm³/mol. The second-order valence-electron chi connectivity index (χ2n) is 19.6. The number of hydrogen-bond acceptors (Lipinski definition) is 13. The molecule has 3 aliphatic carbocycles. The molecule has 10 rings (SSSR count). The van der Waals surface area contributed by atoms with Crippen molar-refractivity contribution >= 4 is 44.2 Å². The molecule has 1 spiro atoms. The third kappa shape index (κ3) is 9.09. The molecular formula is C49H58N8O8S. The zero-order chi connectivity index (χ0) is 45.8. The number of aliphatic hydroxyl groups is 1. The maximum Gasteiger partial charge on any atom is 0.312 e. The van der Waals surface area contributed by atoms with Gasteiger partial charge in [-0.05, 0) is 131 Å². The highest BCUT2D eigenvalue weighted by Crippen LogP contribution is 2.54. The molecule has 17 heteroatoms. The number of sulfonamides is 1. The lowest BCUT2D eigenvalue weighted by atomic mass is 9.59. The molecule has 1 amide bonds. The van der Waals surface area contributed by atoms with E-state index < -0.39 is 37.0 Å². The van der Waals surface area contributed by atoms with Gasteiger partial charge >= 0.3 is 5.69 Å². The predicted octanol–water partition coefficient (Wildman–Crippen LogP) is 8.14. The number of benzene rings is 2. The number of ether oxygens (including phenoxy) is 2. The first kappa shape index (κ1) is 44.2. The minimum Gasteiger partial charge on any atom is -0.455 e. The lowest BCUT2D eigenvalue weighted by Gasteiger charge is -2.57. The van der Waals surface area contributed by atoms with E-state index in [1.54, 1.807) is 31.3 Å². The Morgan fingerprint density at radius 1 is 1.02 bits per heavy atom. The number of H-pyrrole nitrogens is 1. The fourth-order valence-electron chi connectivity index (χ4n) is 10.9. The second kappa shape index (κ2) is 17.6. The van der Waals surface area contributed by atoms with Gasteiger partial charge in [-0.15, -0.1) is 0 Å². The number of carbonyl (C=O) groups is 1. The van der Waals surface area contributed by atoms with E-state index in [1.165, 1.54) is 37.1 Å². The van der Waals surface area contributed by atoms with Crippen molar-refractivity contribution in [3.05, 3.63) is 106 Å². The summed E-state index contributed by atoms with van der Waals surface area (Å²) in [5.41, 5.74) is 3.39. The molecule has 0 bridgehead atoms. The number of carbonyl (C=O) groups excluding carboxylic acids is 1. The molecule has 2 aliphatic heterocycles. The first-order chi connectivity index (χ1) is 31.7. The molecule has 3 saturated carbocycles. The number of piperidine rings is 1. The highest BCUT2D eigenvalue weighted by Gasteiger charge is 2.50. The van der Waals surface area contributed by atoms with Gasteiger partial charge in [-0.3, -0.25) is 19.8 Å². The lowest BCUT2D eigenvalue weighted by molar-refractivity contribution is -0.384. The fraction of sp³-hybridized carbons (Fsp3) is 0.490. The summed E-state index contributed by atoms with van der Waals surface area (Å²) in [4.78, 5) is 42.0. The molecule has 4 N–H and O–H groups in total.